The summed E-state index contributed by atoms with van der Waals surface area (Å²) in [6, 6.07) is 5.64. The first-order valence-electron chi connectivity index (χ1n) is 6.70. The molecule has 0 fully saturated rings. The van der Waals surface area contributed by atoms with E-state index in [-0.39, 0.29) is 23.4 Å². The lowest BCUT2D eigenvalue weighted by Crippen LogP contribution is -2.24. The molecule has 6 heteroatoms. The van der Waals surface area contributed by atoms with Gasteiger partial charge in [0, 0.05) is 21.4 Å². The van der Waals surface area contributed by atoms with Crippen molar-refractivity contribution >= 4 is 28.0 Å². The number of Topliss-reactive ketones (excluding diaryl/α,β-unsaturated/α-hetero) is 1. The number of halogens is 1. The van der Waals surface area contributed by atoms with E-state index in [1.54, 1.807) is 11.3 Å². The summed E-state index contributed by atoms with van der Waals surface area (Å²) in [6.07, 6.45) is 1.29. The van der Waals surface area contributed by atoms with Crippen molar-refractivity contribution in [3.63, 3.8) is 0 Å². The Hall–Kier alpha value is -2.34. The lowest BCUT2D eigenvalue weighted by molar-refractivity contribution is 0.0970. The number of hydrogen-bond acceptors (Lipinski definition) is 4. The highest BCUT2D eigenvalue weighted by Crippen LogP contribution is 2.21. The van der Waals surface area contributed by atoms with Gasteiger partial charge in [0.1, 0.15) is 5.82 Å². The highest BCUT2D eigenvalue weighted by molar-refractivity contribution is 7.12. The zero-order chi connectivity index (χ0) is 15.9. The third-order valence-corrected chi connectivity index (χ3v) is 4.41. The Bertz CT molecular complexity index is 943. The summed E-state index contributed by atoms with van der Waals surface area (Å²) in [7, 11) is 0. The fourth-order valence-electron chi connectivity index (χ4n) is 2.39. The van der Waals surface area contributed by atoms with Gasteiger partial charge in [0.25, 0.3) is 5.56 Å². The molecule has 0 saturated carbocycles. The van der Waals surface area contributed by atoms with Crippen molar-refractivity contribution in [2.75, 3.05) is 0 Å². The molecule has 0 atom stereocenters. The van der Waals surface area contributed by atoms with Gasteiger partial charge in [-0.1, -0.05) is 0 Å². The number of hydrogen-bond donors (Lipinski definition) is 0. The number of aryl methyl sites for hydroxylation is 2. The largest absolute Gasteiger partial charge is 0.292 e. The number of nitrogens with zero attached hydrogens (tertiary/aromatic N) is 2. The van der Waals surface area contributed by atoms with E-state index in [0.717, 1.165) is 9.75 Å². The summed E-state index contributed by atoms with van der Waals surface area (Å²) in [4.78, 5) is 30.7. The second kappa shape index (κ2) is 5.46. The highest BCUT2D eigenvalue weighted by Gasteiger charge is 2.14. The smallest absolute Gasteiger partial charge is 0.261 e. The van der Waals surface area contributed by atoms with Crippen LogP contribution in [-0.4, -0.2) is 15.3 Å². The van der Waals surface area contributed by atoms with Crippen LogP contribution in [0.15, 0.2) is 35.4 Å². The van der Waals surface area contributed by atoms with Crippen LogP contribution in [0.4, 0.5) is 4.39 Å². The molecule has 4 nitrogen and oxygen atoms in total. The van der Waals surface area contributed by atoms with E-state index >= 15 is 0 Å². The van der Waals surface area contributed by atoms with Gasteiger partial charge in [0.2, 0.25) is 0 Å². The van der Waals surface area contributed by atoms with Crippen LogP contribution in [0.1, 0.15) is 20.1 Å². The summed E-state index contributed by atoms with van der Waals surface area (Å²) in [5.41, 5.74) is 0.577. The predicted octanol–water partition coefficient (Wildman–Crippen LogP) is 3.10. The zero-order valence-electron chi connectivity index (χ0n) is 12.1. The minimum Gasteiger partial charge on any atom is -0.292 e. The van der Waals surface area contributed by atoms with Gasteiger partial charge in [0.05, 0.1) is 23.8 Å². The van der Waals surface area contributed by atoms with Crippen LogP contribution in [0.2, 0.25) is 0 Å². The molecule has 2 heterocycles. The van der Waals surface area contributed by atoms with Gasteiger partial charge < -0.3 is 0 Å². The molecule has 0 N–H and O–H groups in total. The molecule has 0 aliphatic rings. The lowest BCUT2D eigenvalue weighted by atomic mass is 10.1. The second-order valence-corrected chi connectivity index (χ2v) is 6.55. The summed E-state index contributed by atoms with van der Waals surface area (Å²) >= 11 is 1.55. The number of carbonyl (C=O) groups excluding carboxylic acids is 1. The van der Waals surface area contributed by atoms with E-state index in [9.17, 15) is 14.0 Å². The van der Waals surface area contributed by atoms with Crippen molar-refractivity contribution in [2.24, 2.45) is 0 Å². The minimum atomic E-state index is -0.447. The Morgan fingerprint density at radius 3 is 2.77 bits per heavy atom. The maximum atomic E-state index is 13.1. The van der Waals surface area contributed by atoms with Gasteiger partial charge in [-0.15, -0.1) is 11.3 Å². The first-order chi connectivity index (χ1) is 10.5. The standard InChI is InChI=1S/C16H13FN2O2S/c1-9-5-13(10(2)22-9)15(20)7-19-8-18-14-6-11(17)3-4-12(14)16(19)21/h3-6,8H,7H2,1-2H3. The minimum absolute atomic E-state index is 0.0733. The van der Waals surface area contributed by atoms with Crippen molar-refractivity contribution in [1.29, 1.82) is 0 Å². The van der Waals surface area contributed by atoms with Crippen LogP contribution in [0.3, 0.4) is 0 Å². The van der Waals surface area contributed by atoms with Crippen molar-refractivity contribution < 1.29 is 9.18 Å². The van der Waals surface area contributed by atoms with E-state index in [2.05, 4.69) is 4.98 Å². The Labute approximate surface area is 129 Å². The topological polar surface area (TPSA) is 52.0 Å². The van der Waals surface area contributed by atoms with Crippen LogP contribution in [0.25, 0.3) is 10.9 Å². The molecule has 0 aliphatic heterocycles. The van der Waals surface area contributed by atoms with E-state index in [1.165, 1.54) is 29.1 Å². The molecule has 1 aromatic carbocycles. The number of aromatic nitrogens is 2. The molecule has 0 saturated heterocycles. The van der Waals surface area contributed by atoms with Crippen LogP contribution in [0, 0.1) is 19.7 Å². The van der Waals surface area contributed by atoms with E-state index in [4.69, 9.17) is 0 Å². The number of fused-ring (bicyclic) bond motifs is 1. The third kappa shape index (κ3) is 2.57. The average Bonchev–Trinajstić information content (AvgIpc) is 2.81. The highest BCUT2D eigenvalue weighted by atomic mass is 32.1. The number of carbonyl (C=O) groups is 1. The second-order valence-electron chi connectivity index (χ2n) is 5.09. The zero-order valence-corrected chi connectivity index (χ0v) is 12.9. The van der Waals surface area contributed by atoms with Crippen molar-refractivity contribution in [3.05, 3.63) is 62.1 Å². The Morgan fingerprint density at radius 1 is 1.32 bits per heavy atom. The van der Waals surface area contributed by atoms with Crippen molar-refractivity contribution in [3.8, 4) is 0 Å². The van der Waals surface area contributed by atoms with E-state index in [1.807, 2.05) is 19.9 Å². The molecule has 0 radical (unpaired) electrons. The molecule has 3 rings (SSSR count). The fourth-order valence-corrected chi connectivity index (χ4v) is 3.33. The number of benzene rings is 1. The molecule has 112 valence electrons. The Morgan fingerprint density at radius 2 is 2.09 bits per heavy atom. The van der Waals surface area contributed by atoms with E-state index < -0.39 is 5.82 Å². The molecular weight excluding hydrogens is 303 g/mol. The Balaban J connectivity index is 1.99. The number of thiophene rings is 1. The maximum Gasteiger partial charge on any atom is 0.261 e. The maximum absolute atomic E-state index is 13.1. The monoisotopic (exact) mass is 316 g/mol. The van der Waals surface area contributed by atoms with Crippen molar-refractivity contribution in [2.45, 2.75) is 20.4 Å². The van der Waals surface area contributed by atoms with Gasteiger partial charge in [-0.25, -0.2) is 9.37 Å². The lowest BCUT2D eigenvalue weighted by Gasteiger charge is -2.06. The van der Waals surface area contributed by atoms with Gasteiger partial charge in [-0.05, 0) is 32.0 Å². The molecule has 2 aromatic heterocycles. The van der Waals surface area contributed by atoms with Crippen molar-refractivity contribution in [1.82, 2.24) is 9.55 Å². The average molecular weight is 316 g/mol. The normalized spacial score (nSPS) is 11.0. The van der Waals surface area contributed by atoms with Gasteiger partial charge in [-0.2, -0.15) is 0 Å². The summed E-state index contributed by atoms with van der Waals surface area (Å²) in [6.45, 7) is 3.75. The van der Waals surface area contributed by atoms with Crippen LogP contribution in [0.5, 0.6) is 0 Å². The molecule has 0 amide bonds. The molecule has 22 heavy (non-hydrogen) atoms. The van der Waals surface area contributed by atoms with Gasteiger partial charge in [0.15, 0.2) is 5.78 Å². The molecule has 0 aliphatic carbocycles. The summed E-state index contributed by atoms with van der Waals surface area (Å²) in [5.74, 6) is -0.579. The number of ketones is 1. The van der Waals surface area contributed by atoms with Gasteiger partial charge in [-0.3, -0.25) is 14.2 Å². The van der Waals surface area contributed by atoms with E-state index in [0.29, 0.717) is 10.9 Å². The fraction of sp³-hybridized carbons (Fsp3) is 0.188. The first kappa shape index (κ1) is 14.6. The molecule has 0 bridgehead atoms. The van der Waals surface area contributed by atoms with Crippen LogP contribution < -0.4 is 5.56 Å². The van der Waals surface area contributed by atoms with Crippen LogP contribution in [-0.2, 0) is 6.54 Å². The quantitative estimate of drug-likeness (QED) is 0.698. The van der Waals surface area contributed by atoms with Gasteiger partial charge >= 0.3 is 0 Å². The third-order valence-electron chi connectivity index (χ3n) is 3.44. The first-order valence-corrected chi connectivity index (χ1v) is 7.52. The predicted molar refractivity (Wildman–Crippen MR) is 84.1 cm³/mol. The molecule has 0 unspecified atom stereocenters. The molecular formula is C16H13FN2O2S. The number of rotatable bonds is 3. The van der Waals surface area contributed by atoms with Crippen LogP contribution >= 0.6 is 11.3 Å². The SMILES string of the molecule is Cc1cc(C(=O)Cn2cnc3cc(F)ccc3c2=O)c(C)s1. The summed E-state index contributed by atoms with van der Waals surface area (Å²) in [5, 5.41) is 0.301. The molecule has 0 spiro atoms. The molecule has 3 aromatic rings. The Kier molecular flexibility index (Phi) is 3.62. The summed E-state index contributed by atoms with van der Waals surface area (Å²) < 4.78 is 14.4.